The van der Waals surface area contributed by atoms with Crippen molar-refractivity contribution in [2.24, 2.45) is 17.6 Å². The zero-order valence-electron chi connectivity index (χ0n) is 11.8. The van der Waals surface area contributed by atoms with Crippen LogP contribution in [0.25, 0.3) is 0 Å². The van der Waals surface area contributed by atoms with Crippen molar-refractivity contribution in [1.82, 2.24) is 4.90 Å². The molecule has 18 heavy (non-hydrogen) atoms. The zero-order chi connectivity index (χ0) is 13.5. The Labute approximate surface area is 111 Å². The predicted octanol–water partition coefficient (Wildman–Crippen LogP) is 1.37. The molecule has 1 rings (SSSR count). The van der Waals surface area contributed by atoms with Gasteiger partial charge in [-0.15, -0.1) is 0 Å². The monoisotopic (exact) mass is 256 g/mol. The lowest BCUT2D eigenvalue weighted by atomic mass is 9.79. The number of aliphatic hydroxyl groups excluding tert-OH is 1. The molecule has 4 heteroatoms. The van der Waals surface area contributed by atoms with Gasteiger partial charge in [-0.05, 0) is 44.4 Å². The molecule has 1 fully saturated rings. The number of unbranched alkanes of at least 4 members (excludes halogenated alkanes) is 2. The van der Waals surface area contributed by atoms with Gasteiger partial charge in [-0.1, -0.05) is 6.92 Å². The van der Waals surface area contributed by atoms with Gasteiger partial charge in [0.15, 0.2) is 0 Å². The third-order valence-electron chi connectivity index (χ3n) is 4.14. The number of nitrogens with two attached hydrogens (primary N) is 1. The number of carbonyl (C=O) groups excluding carboxylic acids is 1. The van der Waals surface area contributed by atoms with E-state index in [2.05, 4.69) is 6.92 Å². The van der Waals surface area contributed by atoms with Gasteiger partial charge in [-0.3, -0.25) is 4.79 Å². The predicted molar refractivity (Wildman–Crippen MR) is 73.1 cm³/mol. The van der Waals surface area contributed by atoms with Crippen molar-refractivity contribution in [1.29, 1.82) is 0 Å². The summed E-state index contributed by atoms with van der Waals surface area (Å²) in [5.74, 6) is 0.921. The number of rotatable bonds is 6. The molecular weight excluding hydrogens is 228 g/mol. The van der Waals surface area contributed by atoms with Crippen LogP contribution in [0.1, 0.15) is 45.4 Å². The van der Waals surface area contributed by atoms with Gasteiger partial charge >= 0.3 is 0 Å². The highest BCUT2D eigenvalue weighted by molar-refractivity contribution is 5.78. The van der Waals surface area contributed by atoms with Crippen LogP contribution >= 0.6 is 0 Å². The highest BCUT2D eigenvalue weighted by Crippen LogP contribution is 2.28. The molecule has 3 atom stereocenters. The number of hydrogen-bond acceptors (Lipinski definition) is 3. The molecule has 0 aliphatic heterocycles. The Morgan fingerprint density at radius 1 is 1.33 bits per heavy atom. The minimum atomic E-state index is 0.124. The zero-order valence-corrected chi connectivity index (χ0v) is 11.8. The van der Waals surface area contributed by atoms with Gasteiger partial charge in [0.25, 0.3) is 0 Å². The van der Waals surface area contributed by atoms with Gasteiger partial charge in [0.2, 0.25) is 5.91 Å². The van der Waals surface area contributed by atoms with Gasteiger partial charge in [-0.2, -0.15) is 0 Å². The van der Waals surface area contributed by atoms with Gasteiger partial charge in [0, 0.05) is 32.2 Å². The van der Waals surface area contributed by atoms with Crippen LogP contribution in [0.4, 0.5) is 0 Å². The third-order valence-corrected chi connectivity index (χ3v) is 4.14. The number of hydrogen-bond donors (Lipinski definition) is 2. The van der Waals surface area contributed by atoms with Crippen LogP contribution in [-0.2, 0) is 4.79 Å². The first-order valence-corrected chi connectivity index (χ1v) is 7.17. The van der Waals surface area contributed by atoms with Crippen molar-refractivity contribution in [2.75, 3.05) is 20.2 Å². The van der Waals surface area contributed by atoms with Gasteiger partial charge in [0.1, 0.15) is 0 Å². The van der Waals surface area contributed by atoms with E-state index in [-0.39, 0.29) is 24.5 Å². The molecule has 0 radical (unpaired) electrons. The first-order chi connectivity index (χ1) is 8.56. The van der Waals surface area contributed by atoms with E-state index >= 15 is 0 Å². The van der Waals surface area contributed by atoms with Crippen LogP contribution < -0.4 is 5.73 Å². The Morgan fingerprint density at radius 2 is 2.06 bits per heavy atom. The molecule has 4 nitrogen and oxygen atoms in total. The summed E-state index contributed by atoms with van der Waals surface area (Å²) in [5, 5.41) is 8.70. The first kappa shape index (κ1) is 15.4. The topological polar surface area (TPSA) is 66.6 Å². The first-order valence-electron chi connectivity index (χ1n) is 7.17. The maximum absolute atomic E-state index is 12.2. The molecule has 106 valence electrons. The van der Waals surface area contributed by atoms with E-state index in [9.17, 15) is 4.79 Å². The van der Waals surface area contributed by atoms with Crippen LogP contribution in [0, 0.1) is 11.8 Å². The maximum atomic E-state index is 12.2. The molecule has 0 aromatic rings. The minimum Gasteiger partial charge on any atom is -0.396 e. The van der Waals surface area contributed by atoms with Crippen molar-refractivity contribution in [3.8, 4) is 0 Å². The smallest absolute Gasteiger partial charge is 0.225 e. The molecule has 0 aromatic carbocycles. The Balaban J connectivity index is 2.30. The van der Waals surface area contributed by atoms with Crippen molar-refractivity contribution in [3.05, 3.63) is 0 Å². The van der Waals surface area contributed by atoms with E-state index in [4.69, 9.17) is 10.8 Å². The highest BCUT2D eigenvalue weighted by Gasteiger charge is 2.30. The fraction of sp³-hybridized carbons (Fsp3) is 0.929. The lowest BCUT2D eigenvalue weighted by Crippen LogP contribution is -2.42. The van der Waals surface area contributed by atoms with Crippen LogP contribution in [0.15, 0.2) is 0 Å². The minimum absolute atomic E-state index is 0.124. The summed E-state index contributed by atoms with van der Waals surface area (Å²) >= 11 is 0. The highest BCUT2D eigenvalue weighted by atomic mass is 16.2. The second-order valence-corrected chi connectivity index (χ2v) is 5.70. The summed E-state index contributed by atoms with van der Waals surface area (Å²) in [6, 6.07) is 0.176. The molecule has 3 unspecified atom stereocenters. The summed E-state index contributed by atoms with van der Waals surface area (Å²) in [7, 11) is 1.88. The van der Waals surface area contributed by atoms with Gasteiger partial charge in [-0.25, -0.2) is 0 Å². The summed E-state index contributed by atoms with van der Waals surface area (Å²) in [5.41, 5.74) is 6.05. The number of nitrogens with zero attached hydrogens (tertiary/aromatic N) is 1. The van der Waals surface area contributed by atoms with Crippen LogP contribution in [0.3, 0.4) is 0 Å². The number of aliphatic hydroxyl groups is 1. The summed E-state index contributed by atoms with van der Waals surface area (Å²) < 4.78 is 0. The second kappa shape index (κ2) is 7.74. The van der Waals surface area contributed by atoms with E-state index < -0.39 is 0 Å². The fourth-order valence-corrected chi connectivity index (χ4v) is 2.64. The van der Waals surface area contributed by atoms with Crippen molar-refractivity contribution in [2.45, 2.75) is 51.5 Å². The molecule has 1 amide bonds. The van der Waals surface area contributed by atoms with Crippen molar-refractivity contribution < 1.29 is 9.90 Å². The molecule has 1 aliphatic rings. The van der Waals surface area contributed by atoms with Gasteiger partial charge < -0.3 is 15.7 Å². The summed E-state index contributed by atoms with van der Waals surface area (Å²) in [6.45, 7) is 3.21. The van der Waals surface area contributed by atoms with Gasteiger partial charge in [0.05, 0.1) is 0 Å². The third kappa shape index (κ3) is 4.58. The molecule has 0 spiro atoms. The Morgan fingerprint density at radius 3 is 2.67 bits per heavy atom. The van der Waals surface area contributed by atoms with E-state index in [1.807, 2.05) is 11.9 Å². The standard InChI is InChI=1S/C14H28N2O2/c1-11-6-7-12(10-13(11)15)14(18)16(2)8-4-3-5-9-17/h11-13,17H,3-10,15H2,1-2H3. The van der Waals surface area contributed by atoms with E-state index in [1.54, 1.807) is 0 Å². The second-order valence-electron chi connectivity index (χ2n) is 5.70. The molecule has 1 aliphatic carbocycles. The van der Waals surface area contributed by atoms with E-state index in [1.165, 1.54) is 0 Å². The molecular formula is C14H28N2O2. The Kier molecular flexibility index (Phi) is 6.65. The van der Waals surface area contributed by atoms with E-state index in [0.29, 0.717) is 5.92 Å². The molecule has 0 heterocycles. The van der Waals surface area contributed by atoms with Crippen LogP contribution in [0.2, 0.25) is 0 Å². The lowest BCUT2D eigenvalue weighted by Gasteiger charge is -2.33. The van der Waals surface area contributed by atoms with Crippen LogP contribution in [-0.4, -0.2) is 42.2 Å². The lowest BCUT2D eigenvalue weighted by molar-refractivity contribution is -0.135. The number of amides is 1. The molecule has 0 saturated heterocycles. The van der Waals surface area contributed by atoms with Crippen molar-refractivity contribution >= 4 is 5.91 Å². The quantitative estimate of drug-likeness (QED) is 0.705. The molecule has 0 bridgehead atoms. The summed E-state index contributed by atoms with van der Waals surface area (Å²) in [4.78, 5) is 14.1. The Bertz CT molecular complexity index is 258. The largest absolute Gasteiger partial charge is 0.396 e. The summed E-state index contributed by atoms with van der Waals surface area (Å²) in [6.07, 6.45) is 5.66. The number of carbonyl (C=O) groups is 1. The molecule has 0 aromatic heterocycles. The average molecular weight is 256 g/mol. The Hall–Kier alpha value is -0.610. The fourth-order valence-electron chi connectivity index (χ4n) is 2.64. The normalized spacial score (nSPS) is 28.1. The maximum Gasteiger partial charge on any atom is 0.225 e. The van der Waals surface area contributed by atoms with E-state index in [0.717, 1.165) is 45.1 Å². The SMILES string of the molecule is CC1CCC(C(=O)N(C)CCCCCO)CC1N. The molecule has 3 N–H and O–H groups in total. The van der Waals surface area contributed by atoms with Crippen LogP contribution in [0.5, 0.6) is 0 Å². The molecule has 1 saturated carbocycles. The van der Waals surface area contributed by atoms with Crippen molar-refractivity contribution in [3.63, 3.8) is 0 Å². The average Bonchev–Trinajstić information content (AvgIpc) is 2.37.